The molecule has 2 aromatic carbocycles. The van der Waals surface area contributed by atoms with Crippen LogP contribution < -0.4 is 10.5 Å². The van der Waals surface area contributed by atoms with Crippen molar-refractivity contribution < 1.29 is 17.7 Å². The molecule has 0 amide bonds. The zero-order valence-corrected chi connectivity index (χ0v) is 17.2. The van der Waals surface area contributed by atoms with E-state index in [9.17, 15) is 22.9 Å². The van der Waals surface area contributed by atoms with Crippen LogP contribution in [0.1, 0.15) is 29.5 Å². The van der Waals surface area contributed by atoms with E-state index in [2.05, 4.69) is 5.32 Å². The summed E-state index contributed by atoms with van der Waals surface area (Å²) in [5.41, 5.74) is 1.04. The third kappa shape index (κ3) is 3.91. The van der Waals surface area contributed by atoms with Crippen LogP contribution in [0.5, 0.6) is 0 Å². The third-order valence-corrected chi connectivity index (χ3v) is 6.99. The number of hydrogen-bond acceptors (Lipinski definition) is 7. The fourth-order valence-corrected chi connectivity index (χ4v) is 5.41. The normalized spacial score (nSPS) is 16.1. The van der Waals surface area contributed by atoms with E-state index >= 15 is 0 Å². The van der Waals surface area contributed by atoms with E-state index in [1.54, 1.807) is 12.1 Å². The fourth-order valence-electron chi connectivity index (χ4n) is 3.52. The van der Waals surface area contributed by atoms with Gasteiger partial charge in [0.2, 0.25) is 10.0 Å². The van der Waals surface area contributed by atoms with Crippen LogP contribution >= 0.6 is 11.3 Å². The number of hydrogen-bond donors (Lipinski definition) is 2. The average molecular weight is 449 g/mol. The molecule has 3 N–H and O–H groups in total. The van der Waals surface area contributed by atoms with E-state index in [1.165, 1.54) is 35.6 Å². The Morgan fingerprint density at radius 1 is 1.23 bits per heavy atom. The Morgan fingerprint density at radius 2 is 1.97 bits per heavy atom. The number of aromatic nitrogens is 1. The molecule has 0 spiro atoms. The quantitative estimate of drug-likeness (QED) is 0.449. The summed E-state index contributed by atoms with van der Waals surface area (Å²) in [4.78, 5) is 16.0. The van der Waals surface area contributed by atoms with Crippen molar-refractivity contribution in [2.24, 2.45) is 5.14 Å². The van der Waals surface area contributed by atoms with Crippen molar-refractivity contribution in [3.8, 4) is 10.6 Å². The first-order valence-electron chi connectivity index (χ1n) is 9.06. The summed E-state index contributed by atoms with van der Waals surface area (Å²) in [6.07, 6.45) is 2.35. The Labute approximate surface area is 175 Å². The minimum Gasteiger partial charge on any atom is -0.371 e. The number of nitrogens with one attached hydrogen (secondary N) is 1. The number of nitro groups is 1. The number of nitrogens with two attached hydrogens (primary N) is 1. The first kappa shape index (κ1) is 20.4. The first-order valence-corrected chi connectivity index (χ1v) is 11.4. The van der Waals surface area contributed by atoms with Gasteiger partial charge in [0.05, 0.1) is 16.7 Å². The molecule has 1 aliphatic rings. The molecule has 0 radical (unpaired) electrons. The molecular weight excluding hydrogens is 431 g/mol. The zero-order valence-electron chi connectivity index (χ0n) is 15.5. The van der Waals surface area contributed by atoms with Crippen molar-refractivity contribution in [3.05, 3.63) is 69.0 Å². The number of rotatable bonds is 5. The molecule has 0 aliphatic heterocycles. The number of sulfonamides is 1. The van der Waals surface area contributed by atoms with Crippen LogP contribution in [-0.2, 0) is 16.4 Å². The monoisotopic (exact) mass is 448 g/mol. The van der Waals surface area contributed by atoms with Crippen molar-refractivity contribution in [2.45, 2.75) is 30.2 Å². The van der Waals surface area contributed by atoms with Gasteiger partial charge in [-0.25, -0.2) is 22.9 Å². The summed E-state index contributed by atoms with van der Waals surface area (Å²) in [6.45, 7) is 0. The number of para-hydroxylation sites is 1. The minimum atomic E-state index is -4.26. The zero-order chi connectivity index (χ0) is 21.5. The van der Waals surface area contributed by atoms with Crippen molar-refractivity contribution in [1.29, 1.82) is 0 Å². The van der Waals surface area contributed by atoms with Crippen LogP contribution in [0.25, 0.3) is 10.6 Å². The van der Waals surface area contributed by atoms with Gasteiger partial charge in [-0.15, -0.1) is 11.3 Å². The molecule has 30 heavy (non-hydrogen) atoms. The van der Waals surface area contributed by atoms with Gasteiger partial charge in [0.15, 0.2) is 4.90 Å². The number of primary sulfonamides is 1. The lowest BCUT2D eigenvalue weighted by atomic mass is 9.97. The molecule has 0 saturated carbocycles. The molecule has 0 saturated heterocycles. The van der Waals surface area contributed by atoms with Gasteiger partial charge < -0.3 is 5.32 Å². The number of thiazole rings is 1. The van der Waals surface area contributed by atoms with Crippen LogP contribution in [-0.4, -0.2) is 18.3 Å². The van der Waals surface area contributed by atoms with Gasteiger partial charge in [-0.05, 0) is 55.7 Å². The molecule has 1 unspecified atom stereocenters. The maximum Gasteiger partial charge on any atom is 0.312 e. The van der Waals surface area contributed by atoms with E-state index in [-0.39, 0.29) is 17.5 Å². The Balaban J connectivity index is 1.72. The third-order valence-electron chi connectivity index (χ3n) is 4.86. The molecule has 156 valence electrons. The molecule has 1 aromatic heterocycles. The van der Waals surface area contributed by atoms with Crippen LogP contribution in [0.3, 0.4) is 0 Å². The SMILES string of the molecule is NS(=O)(=O)c1cccc(NC2CCCc3sc(-c4ccc(F)cc4)nc32)c1[N+](=O)[O-]. The number of anilines is 1. The maximum absolute atomic E-state index is 13.2. The van der Waals surface area contributed by atoms with Gasteiger partial charge in [0, 0.05) is 10.4 Å². The van der Waals surface area contributed by atoms with E-state index < -0.39 is 25.5 Å². The van der Waals surface area contributed by atoms with E-state index in [0.717, 1.165) is 40.1 Å². The maximum atomic E-state index is 13.2. The molecule has 1 heterocycles. The van der Waals surface area contributed by atoms with Crippen LogP contribution in [0.4, 0.5) is 15.8 Å². The van der Waals surface area contributed by atoms with Crippen LogP contribution in [0.15, 0.2) is 47.4 Å². The average Bonchev–Trinajstić information content (AvgIpc) is 3.13. The summed E-state index contributed by atoms with van der Waals surface area (Å²) in [6, 6.07) is 9.69. The second-order valence-electron chi connectivity index (χ2n) is 6.88. The fraction of sp³-hybridized carbons (Fsp3) is 0.211. The molecule has 1 atom stereocenters. The van der Waals surface area contributed by atoms with Crippen LogP contribution in [0, 0.1) is 15.9 Å². The van der Waals surface area contributed by atoms with Crippen molar-refractivity contribution in [1.82, 2.24) is 4.98 Å². The Bertz CT molecular complexity index is 1230. The highest BCUT2D eigenvalue weighted by atomic mass is 32.2. The minimum absolute atomic E-state index is 0.0701. The topological polar surface area (TPSA) is 128 Å². The lowest BCUT2D eigenvalue weighted by molar-refractivity contribution is -0.386. The van der Waals surface area contributed by atoms with Gasteiger partial charge in [0.25, 0.3) is 0 Å². The number of benzene rings is 2. The second kappa shape index (κ2) is 7.74. The molecule has 0 bridgehead atoms. The molecular formula is C19H17FN4O4S2. The number of fused-ring (bicyclic) bond motifs is 1. The standard InChI is InChI=1S/C19H17FN4O4S2/c20-12-9-7-11(8-10-12)19-23-17-13(3-1-5-15(17)29-19)22-14-4-2-6-16(30(21,27)28)18(14)24(25)26/h2,4,6-10,13,22H,1,3,5H2,(H2,21,27,28). The highest BCUT2D eigenvalue weighted by Gasteiger charge is 2.30. The number of halogens is 1. The largest absolute Gasteiger partial charge is 0.371 e. The van der Waals surface area contributed by atoms with Gasteiger partial charge >= 0.3 is 5.69 Å². The summed E-state index contributed by atoms with van der Waals surface area (Å²) in [5.74, 6) is -0.332. The number of nitrogens with zero attached hydrogens (tertiary/aromatic N) is 2. The van der Waals surface area contributed by atoms with Gasteiger partial charge in [-0.3, -0.25) is 10.1 Å². The van der Waals surface area contributed by atoms with Gasteiger partial charge in [0.1, 0.15) is 16.5 Å². The number of nitro benzene ring substituents is 1. The second-order valence-corrected chi connectivity index (χ2v) is 9.49. The van der Waals surface area contributed by atoms with Crippen molar-refractivity contribution in [3.63, 3.8) is 0 Å². The predicted molar refractivity (Wildman–Crippen MR) is 111 cm³/mol. The van der Waals surface area contributed by atoms with E-state index in [4.69, 9.17) is 10.1 Å². The summed E-state index contributed by atoms with van der Waals surface area (Å²) < 4.78 is 36.8. The lowest BCUT2D eigenvalue weighted by Crippen LogP contribution is -2.19. The van der Waals surface area contributed by atoms with Crippen molar-refractivity contribution >= 4 is 32.7 Å². The summed E-state index contributed by atoms with van der Waals surface area (Å²) in [5, 5.41) is 20.6. The predicted octanol–water partition coefficient (Wildman–Crippen LogP) is 3.99. The molecule has 3 aromatic rings. The molecule has 8 nitrogen and oxygen atoms in total. The van der Waals surface area contributed by atoms with Crippen molar-refractivity contribution in [2.75, 3.05) is 5.32 Å². The van der Waals surface area contributed by atoms with Gasteiger partial charge in [-0.2, -0.15) is 0 Å². The van der Waals surface area contributed by atoms with E-state index in [1.807, 2.05) is 0 Å². The lowest BCUT2D eigenvalue weighted by Gasteiger charge is -2.23. The highest BCUT2D eigenvalue weighted by molar-refractivity contribution is 7.89. The van der Waals surface area contributed by atoms with Gasteiger partial charge in [-0.1, -0.05) is 6.07 Å². The van der Waals surface area contributed by atoms with E-state index in [0.29, 0.717) is 6.42 Å². The molecule has 11 heteroatoms. The number of aryl methyl sites for hydroxylation is 1. The van der Waals surface area contributed by atoms with Crippen LogP contribution in [0.2, 0.25) is 0 Å². The Hall–Kier alpha value is -2.89. The summed E-state index contributed by atoms with van der Waals surface area (Å²) >= 11 is 1.50. The Morgan fingerprint density at radius 3 is 2.63 bits per heavy atom. The molecule has 1 aliphatic carbocycles. The first-order chi connectivity index (χ1) is 14.2. The molecule has 0 fully saturated rings. The molecule has 4 rings (SSSR count). The Kier molecular flexibility index (Phi) is 5.26. The smallest absolute Gasteiger partial charge is 0.312 e. The highest BCUT2D eigenvalue weighted by Crippen LogP contribution is 2.41. The summed E-state index contributed by atoms with van der Waals surface area (Å²) in [7, 11) is -4.26.